The number of hydrogen-bond acceptors (Lipinski definition) is 9. The van der Waals surface area contributed by atoms with Crippen molar-refractivity contribution < 1.29 is 39.2 Å². The zero-order valence-corrected chi connectivity index (χ0v) is 23.7. The molecule has 0 heterocycles. The fourth-order valence-electron chi connectivity index (χ4n) is 6.61. The summed E-state index contributed by atoms with van der Waals surface area (Å²) in [5.41, 5.74) is 1.32. The average Bonchev–Trinajstić information content (AvgIpc) is 2.83. The lowest BCUT2D eigenvalue weighted by atomic mass is 9.58. The largest absolute Gasteiger partial charge is 0.510 e. The van der Waals surface area contributed by atoms with Gasteiger partial charge in [0, 0.05) is 41.7 Å². The molecule has 1 aromatic carbocycles. The number of nitrogens with zero attached hydrogens (tertiary/aromatic N) is 2. The molecule has 11 heteroatoms. The molecule has 0 fully saturated rings. The molecule has 0 saturated carbocycles. The first-order valence-electron chi connectivity index (χ1n) is 13.5. The standard InChI is InChI=1S/C29H38FN3O7/c1-12(2)10-33(13(3)4)11-15-9-18(34)20-16(22(15)30)7-14-8-17-23(32(5)6)25(36)21(28(31)39)27(38)29(17,40)26(37)19(14)24(20)35/h9,12-14,17,23,34,36-37,40H,7-8,10-11H2,1-6H3,(H2,31,39)/t14-,17-,23-,29-/m0/s1. The zero-order valence-electron chi connectivity index (χ0n) is 23.7. The number of phenols is 1. The second-order valence-electron chi connectivity index (χ2n) is 12.1. The molecule has 0 saturated heterocycles. The number of hydrogen-bond donors (Lipinski definition) is 5. The molecule has 218 valence electrons. The van der Waals surface area contributed by atoms with Gasteiger partial charge in [-0.25, -0.2) is 4.39 Å². The number of likely N-dealkylation sites (N-methyl/N-ethyl adjacent to an activating group) is 1. The molecule has 0 aromatic heterocycles. The van der Waals surface area contributed by atoms with E-state index in [9.17, 15) is 34.8 Å². The van der Waals surface area contributed by atoms with Crippen LogP contribution in [0.15, 0.2) is 28.7 Å². The highest BCUT2D eigenvalue weighted by Gasteiger charge is 2.63. The Kier molecular flexibility index (Phi) is 7.63. The van der Waals surface area contributed by atoms with Crippen LogP contribution in [0.2, 0.25) is 0 Å². The first kappa shape index (κ1) is 29.7. The molecule has 0 aliphatic heterocycles. The molecular weight excluding hydrogens is 521 g/mol. The number of nitrogens with two attached hydrogens (primary N) is 1. The molecule has 4 atom stereocenters. The van der Waals surface area contributed by atoms with Crippen LogP contribution in [0.5, 0.6) is 5.75 Å². The molecule has 1 amide bonds. The minimum Gasteiger partial charge on any atom is -0.510 e. The number of amides is 1. The van der Waals surface area contributed by atoms with Crippen molar-refractivity contribution in [3.63, 3.8) is 0 Å². The molecule has 3 aliphatic carbocycles. The number of aliphatic hydroxyl groups is 3. The van der Waals surface area contributed by atoms with Crippen molar-refractivity contribution in [2.75, 3.05) is 20.6 Å². The molecule has 1 aromatic rings. The van der Waals surface area contributed by atoms with E-state index in [0.29, 0.717) is 12.5 Å². The van der Waals surface area contributed by atoms with Gasteiger partial charge in [-0.15, -0.1) is 0 Å². The highest BCUT2D eigenvalue weighted by atomic mass is 19.1. The quantitative estimate of drug-likeness (QED) is 0.315. The smallest absolute Gasteiger partial charge is 0.255 e. The summed E-state index contributed by atoms with van der Waals surface area (Å²) in [5.74, 6) is -7.90. The van der Waals surface area contributed by atoms with Crippen molar-refractivity contribution in [3.8, 4) is 5.75 Å². The van der Waals surface area contributed by atoms with Crippen LogP contribution in [0.4, 0.5) is 4.39 Å². The van der Waals surface area contributed by atoms with E-state index >= 15 is 4.39 Å². The number of carbonyl (C=O) groups excluding carboxylic acids is 3. The maximum atomic E-state index is 16.0. The minimum atomic E-state index is -2.73. The SMILES string of the molecule is CC(C)CN(Cc1cc(O)c2c(c1F)C[C@H]1C[C@H]3[C@H](N(C)C)C(O)=C(C(N)=O)C(=O)[C@@]3(O)C(O)=C1C2=O)C(C)C. The maximum Gasteiger partial charge on any atom is 0.255 e. The van der Waals surface area contributed by atoms with Gasteiger partial charge in [-0.3, -0.25) is 24.2 Å². The first-order valence-corrected chi connectivity index (χ1v) is 13.5. The Morgan fingerprint density at radius 1 is 1.18 bits per heavy atom. The Morgan fingerprint density at radius 2 is 1.80 bits per heavy atom. The highest BCUT2D eigenvalue weighted by Crippen LogP contribution is 2.52. The molecule has 4 rings (SSSR count). The predicted octanol–water partition coefficient (Wildman–Crippen LogP) is 2.13. The number of primary amides is 1. The first-order chi connectivity index (χ1) is 18.5. The Balaban J connectivity index is 1.86. The number of phenolic OH excluding ortho intramolecular Hbond substituents is 1. The van der Waals surface area contributed by atoms with Crippen molar-refractivity contribution in [3.05, 3.63) is 51.2 Å². The summed E-state index contributed by atoms with van der Waals surface area (Å²) in [6, 6.07) is 0.201. The van der Waals surface area contributed by atoms with Gasteiger partial charge >= 0.3 is 0 Å². The maximum absolute atomic E-state index is 16.0. The number of allylic oxidation sites excluding steroid dienone is 1. The Bertz CT molecular complexity index is 1350. The Hall–Kier alpha value is -3.28. The second kappa shape index (κ2) is 10.3. The van der Waals surface area contributed by atoms with E-state index in [4.69, 9.17) is 5.73 Å². The number of aromatic hydroxyl groups is 1. The zero-order chi connectivity index (χ0) is 30.0. The van der Waals surface area contributed by atoms with Gasteiger partial charge in [0.1, 0.15) is 28.7 Å². The van der Waals surface area contributed by atoms with E-state index in [0.717, 1.165) is 0 Å². The summed E-state index contributed by atoms with van der Waals surface area (Å²) in [4.78, 5) is 42.6. The van der Waals surface area contributed by atoms with Gasteiger partial charge in [0.2, 0.25) is 5.78 Å². The number of ketones is 2. The van der Waals surface area contributed by atoms with Crippen LogP contribution in [0.1, 0.15) is 55.6 Å². The van der Waals surface area contributed by atoms with Crippen LogP contribution in [0.25, 0.3) is 0 Å². The number of carbonyl (C=O) groups is 3. The Labute approximate surface area is 232 Å². The van der Waals surface area contributed by atoms with E-state index in [2.05, 4.69) is 18.7 Å². The average molecular weight is 560 g/mol. The minimum absolute atomic E-state index is 0.00127. The van der Waals surface area contributed by atoms with Crippen LogP contribution in [0.3, 0.4) is 0 Å². The van der Waals surface area contributed by atoms with E-state index in [1.165, 1.54) is 11.0 Å². The van der Waals surface area contributed by atoms with Gasteiger partial charge in [-0.1, -0.05) is 13.8 Å². The molecule has 0 bridgehead atoms. The monoisotopic (exact) mass is 559 g/mol. The fourth-order valence-corrected chi connectivity index (χ4v) is 6.61. The van der Waals surface area contributed by atoms with E-state index < -0.39 is 69.6 Å². The summed E-state index contributed by atoms with van der Waals surface area (Å²) in [7, 11) is 3.10. The molecule has 6 N–H and O–H groups in total. The summed E-state index contributed by atoms with van der Waals surface area (Å²) >= 11 is 0. The lowest BCUT2D eigenvalue weighted by Gasteiger charge is -2.50. The van der Waals surface area contributed by atoms with Crippen molar-refractivity contribution in [2.24, 2.45) is 23.5 Å². The third kappa shape index (κ3) is 4.40. The van der Waals surface area contributed by atoms with Crippen LogP contribution in [0, 0.1) is 23.6 Å². The van der Waals surface area contributed by atoms with Crippen molar-refractivity contribution in [1.29, 1.82) is 0 Å². The second-order valence-corrected chi connectivity index (χ2v) is 12.1. The lowest BCUT2D eigenvalue weighted by molar-refractivity contribution is -0.148. The molecule has 3 aliphatic rings. The Morgan fingerprint density at radius 3 is 2.33 bits per heavy atom. The van der Waals surface area contributed by atoms with E-state index in [-0.39, 0.29) is 47.7 Å². The van der Waals surface area contributed by atoms with E-state index in [1.54, 1.807) is 14.1 Å². The summed E-state index contributed by atoms with van der Waals surface area (Å²) < 4.78 is 16.0. The van der Waals surface area contributed by atoms with Gasteiger partial charge in [0.25, 0.3) is 5.91 Å². The van der Waals surface area contributed by atoms with Crippen molar-refractivity contribution in [2.45, 2.75) is 64.8 Å². The highest BCUT2D eigenvalue weighted by molar-refractivity contribution is 6.24. The van der Waals surface area contributed by atoms with Gasteiger partial charge in [0.15, 0.2) is 11.4 Å². The third-order valence-corrected chi connectivity index (χ3v) is 8.43. The van der Waals surface area contributed by atoms with Gasteiger partial charge in [-0.05, 0) is 58.7 Å². The number of aliphatic hydroxyl groups excluding tert-OH is 2. The number of benzene rings is 1. The topological polar surface area (TPSA) is 165 Å². The molecule has 40 heavy (non-hydrogen) atoms. The van der Waals surface area contributed by atoms with Gasteiger partial charge < -0.3 is 26.2 Å². The number of fused-ring (bicyclic) bond motifs is 3. The predicted molar refractivity (Wildman–Crippen MR) is 144 cm³/mol. The number of halogens is 1. The summed E-state index contributed by atoms with van der Waals surface area (Å²) in [5, 5.41) is 44.7. The summed E-state index contributed by atoms with van der Waals surface area (Å²) in [6.07, 6.45) is -0.185. The number of Topliss-reactive ketones (excluding diaryl/α,β-unsaturated/α-hetero) is 2. The fraction of sp³-hybridized carbons (Fsp3) is 0.552. The van der Waals surface area contributed by atoms with Crippen molar-refractivity contribution in [1.82, 2.24) is 9.80 Å². The van der Waals surface area contributed by atoms with Crippen LogP contribution in [-0.4, -0.2) is 86.0 Å². The number of rotatable bonds is 7. The van der Waals surface area contributed by atoms with Crippen LogP contribution >= 0.6 is 0 Å². The third-order valence-electron chi connectivity index (χ3n) is 8.43. The van der Waals surface area contributed by atoms with Crippen molar-refractivity contribution >= 4 is 17.5 Å². The molecular formula is C29H38FN3O7. The van der Waals surface area contributed by atoms with Crippen LogP contribution < -0.4 is 5.73 Å². The van der Waals surface area contributed by atoms with Gasteiger partial charge in [-0.2, -0.15) is 0 Å². The summed E-state index contributed by atoms with van der Waals surface area (Å²) in [6.45, 7) is 8.99. The van der Waals surface area contributed by atoms with Crippen LogP contribution in [-0.2, 0) is 22.6 Å². The molecule has 0 unspecified atom stereocenters. The lowest BCUT2D eigenvalue weighted by Crippen LogP contribution is -2.63. The van der Waals surface area contributed by atoms with Gasteiger partial charge in [0.05, 0.1) is 11.6 Å². The molecule has 0 spiro atoms. The molecule has 10 nitrogen and oxygen atoms in total. The van der Waals surface area contributed by atoms with E-state index in [1.807, 2.05) is 13.8 Å². The normalized spacial score (nSPS) is 26.6. The molecule has 0 radical (unpaired) electrons.